The Labute approximate surface area is 367 Å². The van der Waals surface area contributed by atoms with E-state index in [-0.39, 0.29) is 26.0 Å². The van der Waals surface area contributed by atoms with Crippen LogP contribution in [0.2, 0.25) is 0 Å². The van der Waals surface area contributed by atoms with Gasteiger partial charge in [-0.05, 0) is 72.1 Å². The molecule has 11 nitrogen and oxygen atoms in total. The van der Waals surface area contributed by atoms with E-state index in [1.54, 1.807) is 35.9 Å². The molecule has 0 fully saturated rings. The van der Waals surface area contributed by atoms with Crippen LogP contribution in [0.3, 0.4) is 0 Å². The van der Waals surface area contributed by atoms with Crippen LogP contribution in [0.15, 0.2) is 181 Å². The van der Waals surface area contributed by atoms with E-state index < -0.39 is 0 Å². The van der Waals surface area contributed by atoms with Crippen molar-refractivity contribution in [3.63, 3.8) is 0 Å². The molecular formula is C48H35IrN8O3S-. The summed E-state index contributed by atoms with van der Waals surface area (Å²) in [7, 11) is 3.36. The molecule has 0 saturated carbocycles. The smallest absolute Gasteiger partial charge is 0.209 e. The van der Waals surface area contributed by atoms with E-state index in [0.29, 0.717) is 10.7 Å². The van der Waals surface area contributed by atoms with E-state index in [4.69, 9.17) is 9.47 Å². The number of benzene rings is 8. The van der Waals surface area contributed by atoms with Crippen molar-refractivity contribution in [2.24, 2.45) is 4.99 Å². The molecule has 0 aliphatic heterocycles. The number of fused-ring (bicyclic) bond motifs is 5. The summed E-state index contributed by atoms with van der Waals surface area (Å²) in [5, 5.41) is 34.9. The van der Waals surface area contributed by atoms with Crippen molar-refractivity contribution >= 4 is 76.2 Å². The number of hydrogen-bond acceptors (Lipinski definition) is 10. The minimum Gasteiger partial charge on any atom is -0.858 e. The van der Waals surface area contributed by atoms with Gasteiger partial charge in [0, 0.05) is 41.7 Å². The molecule has 0 N–H and O–H groups in total. The van der Waals surface area contributed by atoms with Gasteiger partial charge < -0.3 is 14.6 Å². The number of thiazole rings is 1. The molecule has 0 aliphatic rings. The van der Waals surface area contributed by atoms with E-state index >= 15 is 0 Å². The Balaban J connectivity index is 0.000000126. The topological polar surface area (TPSA) is 128 Å². The molecular weight excluding hydrogens is 961 g/mol. The van der Waals surface area contributed by atoms with Gasteiger partial charge in [-0.15, -0.1) is 30.0 Å². The van der Waals surface area contributed by atoms with Crippen LogP contribution in [-0.4, -0.2) is 55.1 Å². The van der Waals surface area contributed by atoms with Gasteiger partial charge in [-0.2, -0.15) is 0 Å². The first kappa shape index (κ1) is 40.5. The number of ether oxygens (including phenoxy) is 2. The zero-order valence-electron chi connectivity index (χ0n) is 32.8. The van der Waals surface area contributed by atoms with Crippen molar-refractivity contribution in [1.29, 1.82) is 0 Å². The molecule has 13 heteroatoms. The number of methoxy groups -OCH3 is 2. The van der Waals surface area contributed by atoms with Crippen LogP contribution in [0.1, 0.15) is 5.56 Å². The molecule has 3 aromatic heterocycles. The zero-order chi connectivity index (χ0) is 40.8. The fourth-order valence-corrected chi connectivity index (χ4v) is 7.62. The molecule has 61 heavy (non-hydrogen) atoms. The monoisotopic (exact) mass is 996 g/mol. The van der Waals surface area contributed by atoms with Gasteiger partial charge in [0.15, 0.2) is 0 Å². The molecule has 8 aromatic carbocycles. The maximum atomic E-state index is 11.9. The van der Waals surface area contributed by atoms with Crippen LogP contribution < -0.4 is 14.6 Å². The Bertz CT molecular complexity index is 3040. The predicted octanol–water partition coefficient (Wildman–Crippen LogP) is 9.90. The quantitative estimate of drug-likeness (QED) is 0.119. The number of nitrogens with zero attached hydrogens (tertiary/aromatic N) is 8. The molecule has 0 bridgehead atoms. The van der Waals surface area contributed by atoms with Crippen molar-refractivity contribution in [1.82, 2.24) is 35.0 Å². The summed E-state index contributed by atoms with van der Waals surface area (Å²) in [5.74, 6) is 1.45. The van der Waals surface area contributed by atoms with Crippen LogP contribution in [-0.2, 0) is 20.1 Å². The third kappa shape index (κ3) is 8.57. The number of aromatic nitrogens is 7. The van der Waals surface area contributed by atoms with E-state index in [1.165, 1.54) is 11.3 Å². The maximum Gasteiger partial charge on any atom is 0.209 e. The largest absolute Gasteiger partial charge is 0.858 e. The molecule has 11 rings (SSSR count). The first-order chi connectivity index (χ1) is 29.6. The number of para-hydroxylation sites is 1. The molecule has 0 amide bonds. The number of hydrogen-bond donors (Lipinski definition) is 0. The van der Waals surface area contributed by atoms with Gasteiger partial charge >= 0.3 is 0 Å². The fraction of sp³-hybridized carbons (Fsp3) is 0.0417. The average Bonchev–Trinajstić information content (AvgIpc) is 4.06. The molecule has 0 aliphatic carbocycles. The standard InChI is InChI=1S/2C17H13N3O.C14H10N2OS.Ir/c2*1-21-17-11-10-16(12-6-2-3-7-13(12)17)20-18-14-8-4-5-9-15(14)19-20;17-13(10-6-2-1-3-7-10)16-14-15-11-8-4-5-9-12(11)18-14;/h2*2-11H,1H3;1-9H,(H,15,16,17);/p-1. The van der Waals surface area contributed by atoms with Crippen molar-refractivity contribution in [3.8, 4) is 22.9 Å². The second kappa shape index (κ2) is 18.3. The number of rotatable bonds is 6. The van der Waals surface area contributed by atoms with E-state index in [1.807, 2.05) is 152 Å². The Morgan fingerprint density at radius 2 is 0.869 bits per heavy atom. The normalized spacial score (nSPS) is 11.1. The molecule has 0 saturated heterocycles. The van der Waals surface area contributed by atoms with Crippen LogP contribution in [0.4, 0.5) is 5.13 Å². The van der Waals surface area contributed by atoms with Crippen LogP contribution >= 0.6 is 11.3 Å². The predicted molar refractivity (Wildman–Crippen MR) is 238 cm³/mol. The van der Waals surface area contributed by atoms with Crippen LogP contribution in [0, 0.1) is 0 Å². The van der Waals surface area contributed by atoms with Crippen molar-refractivity contribution in [2.75, 3.05) is 14.2 Å². The second-order valence-corrected chi connectivity index (χ2v) is 14.4. The molecule has 0 spiro atoms. The fourth-order valence-electron chi connectivity index (χ4n) is 6.79. The maximum absolute atomic E-state index is 11.9. The van der Waals surface area contributed by atoms with Gasteiger partial charge in [0.05, 0.1) is 35.8 Å². The van der Waals surface area contributed by atoms with Crippen LogP contribution in [0.25, 0.3) is 65.2 Å². The molecule has 0 atom stereocenters. The minimum absolute atomic E-state index is 0. The van der Waals surface area contributed by atoms with Gasteiger partial charge in [-0.1, -0.05) is 127 Å². The molecule has 0 unspecified atom stereocenters. The molecule has 11 aromatic rings. The Morgan fingerprint density at radius 3 is 1.31 bits per heavy atom. The van der Waals surface area contributed by atoms with Gasteiger partial charge in [-0.3, -0.25) is 0 Å². The first-order valence-corrected chi connectivity index (χ1v) is 19.8. The van der Waals surface area contributed by atoms with Gasteiger partial charge in [0.25, 0.3) is 0 Å². The summed E-state index contributed by atoms with van der Waals surface area (Å²) in [5.41, 5.74) is 6.90. The summed E-state index contributed by atoms with van der Waals surface area (Å²) >= 11 is 1.42. The third-order valence-corrected chi connectivity index (χ3v) is 10.6. The summed E-state index contributed by atoms with van der Waals surface area (Å²) in [6, 6.07) is 56.6. The second-order valence-electron chi connectivity index (χ2n) is 13.4. The van der Waals surface area contributed by atoms with E-state index in [0.717, 1.165) is 76.7 Å². The van der Waals surface area contributed by atoms with Crippen molar-refractivity contribution < 1.29 is 34.7 Å². The molecule has 301 valence electrons. The average molecular weight is 996 g/mol. The molecule has 1 radical (unpaired) electrons. The summed E-state index contributed by atoms with van der Waals surface area (Å²) in [6.45, 7) is 0. The third-order valence-electron chi connectivity index (χ3n) is 9.67. The van der Waals surface area contributed by atoms with Crippen molar-refractivity contribution in [3.05, 3.63) is 181 Å². The Hall–Kier alpha value is -7.31. The van der Waals surface area contributed by atoms with Crippen molar-refractivity contribution in [2.45, 2.75) is 0 Å². The van der Waals surface area contributed by atoms with E-state index in [9.17, 15) is 5.11 Å². The van der Waals surface area contributed by atoms with Gasteiger partial charge in [0.1, 0.15) is 33.6 Å². The Kier molecular flexibility index (Phi) is 12.1. The summed E-state index contributed by atoms with van der Waals surface area (Å²) in [4.78, 5) is 11.7. The van der Waals surface area contributed by atoms with Gasteiger partial charge in [0.2, 0.25) is 5.13 Å². The van der Waals surface area contributed by atoms with Crippen LogP contribution in [0.5, 0.6) is 11.5 Å². The minimum atomic E-state index is -0.255. The molecule has 3 heterocycles. The van der Waals surface area contributed by atoms with E-state index in [2.05, 4.69) is 42.5 Å². The SMILES string of the molecule is COc1ccc(-n2nc3ccccc3n2)c2ccccc12.COc1ccc(-n2nc3ccccc3n2)c2ccccc12.[Ir].[O-]/C(=N\c1nc2ccccc2s1)c1ccccc1. The number of aliphatic imine (C=N–C) groups is 1. The summed E-state index contributed by atoms with van der Waals surface area (Å²) in [6.07, 6.45) is 0. The summed E-state index contributed by atoms with van der Waals surface area (Å²) < 4.78 is 11.9. The zero-order valence-corrected chi connectivity index (χ0v) is 36.0. The first-order valence-electron chi connectivity index (χ1n) is 19.0. The van der Waals surface area contributed by atoms with Gasteiger partial charge in [-0.25, -0.2) is 9.98 Å². The Morgan fingerprint density at radius 1 is 0.475 bits per heavy atom.